The molecule has 5 atom stereocenters. The minimum atomic E-state index is -2.42. The van der Waals surface area contributed by atoms with Gasteiger partial charge >= 0.3 is 12.1 Å². The number of carbonyl (C=O) groups excluding carboxylic acids is 4. The zero-order chi connectivity index (χ0) is 38.4. The average molecular weight is 748 g/mol. The van der Waals surface area contributed by atoms with E-state index in [1.165, 1.54) is 4.90 Å². The fourth-order valence-corrected chi connectivity index (χ4v) is 6.69. The van der Waals surface area contributed by atoms with Crippen LogP contribution in [0.25, 0.3) is 0 Å². The predicted octanol–water partition coefficient (Wildman–Crippen LogP) is 6.12. The first kappa shape index (κ1) is 41.6. The number of esters is 1. The van der Waals surface area contributed by atoms with Crippen LogP contribution < -0.4 is 15.4 Å². The molecule has 3 amide bonds. The molecule has 1 aromatic heterocycles. The van der Waals surface area contributed by atoms with E-state index in [0.717, 1.165) is 36.1 Å². The van der Waals surface area contributed by atoms with E-state index >= 15 is 0 Å². The Morgan fingerprint density at radius 1 is 1.02 bits per heavy atom. The second kappa shape index (κ2) is 17.6. The van der Waals surface area contributed by atoms with Gasteiger partial charge in [0.1, 0.15) is 11.0 Å². The summed E-state index contributed by atoms with van der Waals surface area (Å²) in [5, 5.41) is 6.65. The highest BCUT2D eigenvalue weighted by Crippen LogP contribution is 2.33. The lowest BCUT2D eigenvalue weighted by Gasteiger charge is -2.43. The van der Waals surface area contributed by atoms with Gasteiger partial charge in [0.05, 0.1) is 5.54 Å². The number of rotatable bonds is 14. The van der Waals surface area contributed by atoms with Crippen molar-refractivity contribution < 1.29 is 50.6 Å². The number of nitrogens with one attached hydrogen (secondary N) is 2. The quantitative estimate of drug-likeness (QED) is 0.0778. The molecule has 1 fully saturated rings. The Hall–Kier alpha value is -3.86. The second-order valence-electron chi connectivity index (χ2n) is 13.3. The van der Waals surface area contributed by atoms with Crippen LogP contribution in [0.4, 0.5) is 26.7 Å². The molecule has 2 heterocycles. The molecule has 3 rings (SSSR count). The van der Waals surface area contributed by atoms with Gasteiger partial charge in [-0.05, 0) is 58.5 Å². The summed E-state index contributed by atoms with van der Waals surface area (Å²) in [4.78, 5) is 60.9. The fraction of sp³-hybridized carbons (Fsp3) is 0.618. The Kier molecular flexibility index (Phi) is 14.3. The SMILES string of the molecule is CCNC(=O)O[C@H](C[C@H](C(C)C)N(C)C(=O)[C@@H](NC(=O)[C@]1(C)CCCCN1C)[C@@H](C)CC)c1nc(C(=O)Oc2c(F)c(F)c(F)c(F)c2F)cs1. The molecule has 2 N–H and O–H groups in total. The number of halogens is 5. The topological polar surface area (TPSA) is 130 Å². The summed E-state index contributed by atoms with van der Waals surface area (Å²) in [5.74, 6) is -16.1. The van der Waals surface area contributed by atoms with Gasteiger partial charge in [-0.3, -0.25) is 14.5 Å². The van der Waals surface area contributed by atoms with Gasteiger partial charge < -0.3 is 25.0 Å². The molecule has 0 unspecified atom stereocenters. The lowest BCUT2D eigenvalue weighted by Crippen LogP contribution is -2.62. The first-order chi connectivity index (χ1) is 23.9. The van der Waals surface area contributed by atoms with Crippen molar-refractivity contribution in [3.8, 4) is 5.75 Å². The number of likely N-dealkylation sites (N-methyl/N-ethyl adjacent to an activating group) is 2. The maximum atomic E-state index is 14.2. The third-order valence-corrected chi connectivity index (χ3v) is 10.5. The van der Waals surface area contributed by atoms with E-state index in [2.05, 4.69) is 20.4 Å². The number of piperidine rings is 1. The first-order valence-corrected chi connectivity index (χ1v) is 17.7. The number of hydrogen-bond donors (Lipinski definition) is 2. The first-order valence-electron chi connectivity index (χ1n) is 16.8. The molecule has 51 heavy (non-hydrogen) atoms. The van der Waals surface area contributed by atoms with Gasteiger partial charge in [0.2, 0.25) is 46.6 Å². The van der Waals surface area contributed by atoms with Crippen LogP contribution >= 0.6 is 11.3 Å². The van der Waals surface area contributed by atoms with Gasteiger partial charge in [-0.25, -0.2) is 27.7 Å². The predicted molar refractivity (Wildman–Crippen MR) is 178 cm³/mol. The third kappa shape index (κ3) is 9.33. The van der Waals surface area contributed by atoms with Gasteiger partial charge in [0, 0.05) is 31.4 Å². The molecule has 17 heteroatoms. The molecule has 0 bridgehead atoms. The van der Waals surface area contributed by atoms with Crippen molar-refractivity contribution >= 4 is 35.2 Å². The van der Waals surface area contributed by atoms with E-state index < -0.39 is 76.3 Å². The van der Waals surface area contributed by atoms with Crippen LogP contribution in [0, 0.1) is 40.9 Å². The molecule has 0 saturated carbocycles. The summed E-state index contributed by atoms with van der Waals surface area (Å²) in [5.41, 5.74) is -1.35. The number of benzene rings is 1. The summed E-state index contributed by atoms with van der Waals surface area (Å²) in [6.07, 6.45) is 1.05. The summed E-state index contributed by atoms with van der Waals surface area (Å²) < 4.78 is 79.4. The number of thiazole rings is 1. The van der Waals surface area contributed by atoms with Crippen LogP contribution in [0.1, 0.15) is 95.2 Å². The lowest BCUT2D eigenvalue weighted by atomic mass is 9.86. The van der Waals surface area contributed by atoms with Gasteiger partial charge in [0.15, 0.2) is 11.8 Å². The second-order valence-corrected chi connectivity index (χ2v) is 14.2. The van der Waals surface area contributed by atoms with Crippen molar-refractivity contribution in [1.82, 2.24) is 25.4 Å². The normalized spacial score (nSPS) is 18.8. The van der Waals surface area contributed by atoms with E-state index in [9.17, 15) is 41.1 Å². The van der Waals surface area contributed by atoms with E-state index in [0.29, 0.717) is 12.8 Å². The molecule has 0 aliphatic carbocycles. The molecule has 11 nitrogen and oxygen atoms in total. The average Bonchev–Trinajstić information content (AvgIpc) is 3.60. The highest BCUT2D eigenvalue weighted by atomic mass is 32.1. The molecule has 0 spiro atoms. The molecule has 1 aliphatic heterocycles. The molecule has 1 aliphatic rings. The van der Waals surface area contributed by atoms with Crippen molar-refractivity contribution in [2.75, 3.05) is 27.2 Å². The van der Waals surface area contributed by atoms with Crippen molar-refractivity contribution in [2.24, 2.45) is 11.8 Å². The Morgan fingerprint density at radius 3 is 2.18 bits per heavy atom. The highest BCUT2D eigenvalue weighted by molar-refractivity contribution is 7.09. The molecular formula is C34H46F5N5O6S. The lowest BCUT2D eigenvalue weighted by molar-refractivity contribution is -0.143. The molecule has 0 radical (unpaired) electrons. The zero-order valence-corrected chi connectivity index (χ0v) is 30.8. The Balaban J connectivity index is 1.91. The van der Waals surface area contributed by atoms with Crippen molar-refractivity contribution in [3.05, 3.63) is 45.2 Å². The number of aromatic nitrogens is 1. The fourth-order valence-electron chi connectivity index (χ4n) is 5.87. The molecule has 1 aromatic carbocycles. The van der Waals surface area contributed by atoms with Crippen LogP contribution in [0.2, 0.25) is 0 Å². The van der Waals surface area contributed by atoms with Crippen LogP contribution in [0.3, 0.4) is 0 Å². The maximum absolute atomic E-state index is 14.2. The van der Waals surface area contributed by atoms with Crippen molar-refractivity contribution in [1.29, 1.82) is 0 Å². The Bertz CT molecular complexity index is 1570. The standard InChI is InChI=1S/C34H46F5N5O6S/c1-9-18(5)27(42-32(47)34(6)13-11-12-14-43(34)7)30(45)44(8)20(17(3)4)15-21(49-33(48)40-10-2)29-41-19(16-51-29)31(46)50-28-25(38)23(36)22(35)24(37)26(28)39/h16-18,20-21,27H,9-15H2,1-8H3,(H,40,48)(H,42,47)/t18-,20+,21+,27-,34-/m0/s1. The maximum Gasteiger partial charge on any atom is 0.407 e. The summed E-state index contributed by atoms with van der Waals surface area (Å²) >= 11 is 0.809. The van der Waals surface area contributed by atoms with Crippen molar-refractivity contribution in [2.45, 2.75) is 97.4 Å². The van der Waals surface area contributed by atoms with Gasteiger partial charge in [-0.15, -0.1) is 11.3 Å². The third-order valence-electron chi connectivity index (χ3n) is 9.52. The summed E-state index contributed by atoms with van der Waals surface area (Å²) in [6.45, 7) is 12.0. The number of ether oxygens (including phenoxy) is 2. The smallest absolute Gasteiger partial charge is 0.407 e. The Labute approximate surface area is 298 Å². The van der Waals surface area contributed by atoms with E-state index in [1.54, 1.807) is 14.0 Å². The minimum absolute atomic E-state index is 0.0251. The molecule has 2 aromatic rings. The number of nitrogens with zero attached hydrogens (tertiary/aromatic N) is 3. The van der Waals surface area contributed by atoms with E-state index in [1.807, 2.05) is 46.6 Å². The minimum Gasteiger partial charge on any atom is -0.439 e. The largest absolute Gasteiger partial charge is 0.439 e. The van der Waals surface area contributed by atoms with Crippen LogP contribution in [0.15, 0.2) is 5.38 Å². The van der Waals surface area contributed by atoms with Gasteiger partial charge in [0.25, 0.3) is 0 Å². The van der Waals surface area contributed by atoms with E-state index in [-0.39, 0.29) is 41.6 Å². The molecular weight excluding hydrogens is 701 g/mol. The van der Waals surface area contributed by atoms with Crippen molar-refractivity contribution in [3.63, 3.8) is 0 Å². The van der Waals surface area contributed by atoms with Gasteiger partial charge in [-0.2, -0.15) is 8.78 Å². The summed E-state index contributed by atoms with van der Waals surface area (Å²) in [7, 11) is 3.47. The molecule has 1 saturated heterocycles. The number of likely N-dealkylation sites (tertiary alicyclic amines) is 1. The monoisotopic (exact) mass is 747 g/mol. The van der Waals surface area contributed by atoms with Crippen LogP contribution in [-0.4, -0.2) is 83.5 Å². The van der Waals surface area contributed by atoms with Crippen LogP contribution in [0.5, 0.6) is 5.75 Å². The number of alkyl carbamates (subject to hydrolysis) is 1. The molecule has 284 valence electrons. The van der Waals surface area contributed by atoms with E-state index in [4.69, 9.17) is 4.74 Å². The van der Waals surface area contributed by atoms with Gasteiger partial charge in [-0.1, -0.05) is 34.1 Å². The summed E-state index contributed by atoms with van der Waals surface area (Å²) in [6, 6.07) is -1.48. The zero-order valence-electron chi connectivity index (χ0n) is 30.0. The number of amides is 3. The number of hydrogen-bond acceptors (Lipinski definition) is 9. The number of carbonyl (C=O) groups is 4. The van der Waals surface area contributed by atoms with Crippen LogP contribution in [-0.2, 0) is 14.3 Å². The highest BCUT2D eigenvalue weighted by Gasteiger charge is 2.43. The Morgan fingerprint density at radius 2 is 1.63 bits per heavy atom.